The molecule has 37 heavy (non-hydrogen) atoms. The van der Waals surface area contributed by atoms with Crippen molar-refractivity contribution in [3.05, 3.63) is 29.8 Å². The number of amides is 2. The third kappa shape index (κ3) is 6.31. The summed E-state index contributed by atoms with van der Waals surface area (Å²) >= 11 is 0. The second-order valence-corrected chi connectivity index (χ2v) is 12.8. The van der Waals surface area contributed by atoms with Crippen LogP contribution in [0.3, 0.4) is 0 Å². The minimum Gasteiger partial charge on any atom is -0.497 e. The maximum atomic E-state index is 13.0. The van der Waals surface area contributed by atoms with Gasteiger partial charge in [0, 0.05) is 45.1 Å². The number of nitrogens with zero attached hydrogens (tertiary/aromatic N) is 1. The summed E-state index contributed by atoms with van der Waals surface area (Å²) in [6.45, 7) is 10.4. The molecule has 2 saturated carbocycles. The quantitative estimate of drug-likeness (QED) is 0.488. The molecule has 4 rings (SSSR count). The number of hydrogen-bond donors (Lipinski definition) is 3. The maximum absolute atomic E-state index is 13.0. The number of carbonyl (C=O) groups excluding carboxylic acids is 2. The van der Waals surface area contributed by atoms with Gasteiger partial charge in [0.1, 0.15) is 5.75 Å². The Hall–Kier alpha value is -2.12. The zero-order valence-electron chi connectivity index (χ0n) is 23.4. The number of rotatable bonds is 8. The summed E-state index contributed by atoms with van der Waals surface area (Å²) in [4.78, 5) is 26.7. The number of benzene rings is 1. The molecule has 1 saturated heterocycles. The molecule has 1 aliphatic heterocycles. The van der Waals surface area contributed by atoms with Crippen LogP contribution in [0.2, 0.25) is 0 Å². The highest BCUT2D eigenvalue weighted by Gasteiger charge is 2.61. The number of methoxy groups -OCH3 is 1. The summed E-state index contributed by atoms with van der Waals surface area (Å²) in [6.07, 6.45) is 6.80. The number of carbonyl (C=O) groups is 2. The topological polar surface area (TPSA) is 90.9 Å². The van der Waals surface area contributed by atoms with Crippen LogP contribution < -0.4 is 15.4 Å². The van der Waals surface area contributed by atoms with E-state index in [0.29, 0.717) is 31.0 Å². The van der Waals surface area contributed by atoms with Crippen molar-refractivity contribution in [2.24, 2.45) is 16.7 Å². The first-order valence-corrected chi connectivity index (χ1v) is 14.1. The zero-order valence-corrected chi connectivity index (χ0v) is 23.4. The van der Waals surface area contributed by atoms with Crippen LogP contribution in [0.5, 0.6) is 5.75 Å². The van der Waals surface area contributed by atoms with Gasteiger partial charge >= 0.3 is 0 Å². The lowest BCUT2D eigenvalue weighted by Gasteiger charge is -2.51. The first-order chi connectivity index (χ1) is 17.4. The molecule has 7 heteroatoms. The summed E-state index contributed by atoms with van der Waals surface area (Å²) in [5.41, 5.74) is 0.476. The van der Waals surface area contributed by atoms with E-state index < -0.39 is 5.60 Å². The van der Waals surface area contributed by atoms with Crippen LogP contribution in [0.15, 0.2) is 24.3 Å². The first-order valence-electron chi connectivity index (χ1n) is 14.1. The molecule has 3 aliphatic rings. The predicted octanol–water partition coefficient (Wildman–Crippen LogP) is 4.03. The predicted molar refractivity (Wildman–Crippen MR) is 145 cm³/mol. The summed E-state index contributed by atoms with van der Waals surface area (Å²) in [6, 6.07) is 8.49. The third-order valence-electron chi connectivity index (χ3n) is 9.68. The number of likely N-dealkylation sites (tertiary alicyclic amines) is 1. The zero-order chi connectivity index (χ0) is 26.8. The highest BCUT2D eigenvalue weighted by atomic mass is 16.5. The van der Waals surface area contributed by atoms with Gasteiger partial charge in [-0.15, -0.1) is 0 Å². The van der Waals surface area contributed by atoms with Gasteiger partial charge in [0.25, 0.3) is 0 Å². The average molecular weight is 514 g/mol. The summed E-state index contributed by atoms with van der Waals surface area (Å²) < 4.78 is 5.22. The van der Waals surface area contributed by atoms with Crippen molar-refractivity contribution in [2.45, 2.75) is 103 Å². The Kier molecular flexibility index (Phi) is 8.25. The molecule has 3 N–H and O–H groups in total. The van der Waals surface area contributed by atoms with E-state index >= 15 is 0 Å². The van der Waals surface area contributed by atoms with E-state index in [1.807, 2.05) is 36.1 Å². The maximum Gasteiger partial charge on any atom is 0.220 e. The largest absolute Gasteiger partial charge is 0.497 e. The first kappa shape index (κ1) is 27.9. The number of aliphatic hydroxyl groups is 1. The van der Waals surface area contributed by atoms with Crippen molar-refractivity contribution in [3.63, 3.8) is 0 Å². The Morgan fingerprint density at radius 2 is 1.76 bits per heavy atom. The van der Waals surface area contributed by atoms with Crippen LogP contribution in [-0.2, 0) is 16.1 Å². The van der Waals surface area contributed by atoms with Crippen molar-refractivity contribution in [1.82, 2.24) is 15.5 Å². The normalized spacial score (nSPS) is 31.6. The van der Waals surface area contributed by atoms with Crippen molar-refractivity contribution < 1.29 is 19.4 Å². The van der Waals surface area contributed by atoms with Crippen LogP contribution in [-0.4, -0.2) is 59.7 Å². The molecule has 0 unspecified atom stereocenters. The van der Waals surface area contributed by atoms with E-state index in [0.717, 1.165) is 69.3 Å². The molecule has 2 aliphatic carbocycles. The average Bonchev–Trinajstić information content (AvgIpc) is 3.07. The minimum absolute atomic E-state index is 0.0130. The van der Waals surface area contributed by atoms with Gasteiger partial charge in [-0.25, -0.2) is 0 Å². The van der Waals surface area contributed by atoms with E-state index in [4.69, 9.17) is 4.74 Å². The lowest BCUT2D eigenvalue weighted by Crippen LogP contribution is -2.55. The molecule has 1 heterocycles. The molecule has 206 valence electrons. The Morgan fingerprint density at radius 1 is 1.08 bits per heavy atom. The molecule has 1 aromatic rings. The molecule has 0 bridgehead atoms. The van der Waals surface area contributed by atoms with E-state index in [-0.39, 0.29) is 22.6 Å². The van der Waals surface area contributed by atoms with Crippen LogP contribution in [0.1, 0.15) is 84.6 Å². The molecule has 4 atom stereocenters. The van der Waals surface area contributed by atoms with Crippen molar-refractivity contribution >= 4 is 11.8 Å². The fourth-order valence-electron chi connectivity index (χ4n) is 7.49. The van der Waals surface area contributed by atoms with Crippen molar-refractivity contribution in [1.29, 1.82) is 0 Å². The Balaban J connectivity index is 1.44. The van der Waals surface area contributed by atoms with E-state index in [2.05, 4.69) is 24.5 Å². The van der Waals surface area contributed by atoms with E-state index in [1.54, 1.807) is 14.0 Å². The fraction of sp³-hybridized carbons (Fsp3) is 0.733. The van der Waals surface area contributed by atoms with Gasteiger partial charge in [-0.2, -0.15) is 0 Å². The van der Waals surface area contributed by atoms with E-state index in [1.165, 1.54) is 0 Å². The lowest BCUT2D eigenvalue weighted by molar-refractivity contribution is -0.130. The molecule has 0 aromatic heterocycles. The molecular weight excluding hydrogens is 466 g/mol. The van der Waals surface area contributed by atoms with E-state index in [9.17, 15) is 14.7 Å². The number of piperidine rings is 1. The summed E-state index contributed by atoms with van der Waals surface area (Å²) in [5, 5.41) is 18.2. The van der Waals surface area contributed by atoms with Gasteiger partial charge in [0.15, 0.2) is 0 Å². The molecular formula is C30H47N3O4. The van der Waals surface area contributed by atoms with Gasteiger partial charge in [-0.1, -0.05) is 26.0 Å². The highest BCUT2D eigenvalue weighted by Crippen LogP contribution is 2.64. The monoisotopic (exact) mass is 513 g/mol. The lowest BCUT2D eigenvalue weighted by atomic mass is 9.57. The molecule has 3 fully saturated rings. The molecule has 0 radical (unpaired) electrons. The van der Waals surface area contributed by atoms with Gasteiger partial charge in [0.05, 0.1) is 12.7 Å². The SMILES string of the molecule is COc1ccc(CNC(=O)CC[C@]23CC[C@](C)(O)C[C@@H]2C(C)(C)C[C@H]3NC2CCN(C(C)=O)CC2)cc1. The number of ether oxygens (including phenoxy) is 1. The number of hydrogen-bond acceptors (Lipinski definition) is 5. The second-order valence-electron chi connectivity index (χ2n) is 12.8. The molecule has 7 nitrogen and oxygen atoms in total. The molecule has 1 aromatic carbocycles. The Bertz CT molecular complexity index is 952. The minimum atomic E-state index is -0.649. The Labute approximate surface area is 222 Å². The molecule has 0 spiro atoms. The second kappa shape index (κ2) is 10.9. The smallest absolute Gasteiger partial charge is 0.220 e. The Morgan fingerprint density at radius 3 is 2.38 bits per heavy atom. The van der Waals surface area contributed by atoms with Gasteiger partial charge in [-0.05, 0) is 86.3 Å². The third-order valence-corrected chi connectivity index (χ3v) is 9.68. The van der Waals surface area contributed by atoms with Crippen molar-refractivity contribution in [2.75, 3.05) is 20.2 Å². The number of nitrogens with one attached hydrogen (secondary N) is 2. The fourth-order valence-corrected chi connectivity index (χ4v) is 7.49. The van der Waals surface area contributed by atoms with Crippen molar-refractivity contribution in [3.8, 4) is 5.75 Å². The van der Waals surface area contributed by atoms with Gasteiger partial charge in [-0.3, -0.25) is 9.59 Å². The summed E-state index contributed by atoms with van der Waals surface area (Å²) in [7, 11) is 1.65. The van der Waals surface area contributed by atoms with Crippen LogP contribution >= 0.6 is 0 Å². The molecule has 2 amide bonds. The number of fused-ring (bicyclic) bond motifs is 1. The summed E-state index contributed by atoms with van der Waals surface area (Å²) in [5.74, 6) is 1.40. The standard InChI is InChI=1S/C30H47N3O4/c1-21(34)33-16-11-23(12-17-33)32-26-19-28(2,3)25-18-29(4,36)14-15-30(25,26)13-10-27(35)31-20-22-6-8-24(37-5)9-7-22/h6-9,23,25-26,32,36H,10-20H2,1-5H3,(H,31,35)/t25-,26-,29+,30+/m1/s1. The van der Waals surface area contributed by atoms with Gasteiger partial charge < -0.3 is 25.4 Å². The van der Waals surface area contributed by atoms with Crippen LogP contribution in [0.25, 0.3) is 0 Å². The van der Waals surface area contributed by atoms with Gasteiger partial charge in [0.2, 0.25) is 11.8 Å². The van der Waals surface area contributed by atoms with Crippen LogP contribution in [0.4, 0.5) is 0 Å². The van der Waals surface area contributed by atoms with Crippen LogP contribution in [0, 0.1) is 16.7 Å². The highest BCUT2D eigenvalue weighted by molar-refractivity contribution is 5.76.